The van der Waals surface area contributed by atoms with Crippen LogP contribution in [0.3, 0.4) is 0 Å². The fourth-order valence-corrected chi connectivity index (χ4v) is 3.01. The number of rotatable bonds is 10. The molecule has 1 aromatic carbocycles. The van der Waals surface area contributed by atoms with E-state index in [-0.39, 0.29) is 29.9 Å². The molecule has 0 radical (unpaired) electrons. The van der Waals surface area contributed by atoms with Crippen LogP contribution in [-0.2, 0) is 11.2 Å². The molecule has 0 atom stereocenters. The maximum atomic E-state index is 11.1. The van der Waals surface area contributed by atoms with Crippen LogP contribution in [-0.4, -0.2) is 55.0 Å². The summed E-state index contributed by atoms with van der Waals surface area (Å²) in [7, 11) is 0. The summed E-state index contributed by atoms with van der Waals surface area (Å²) in [4.78, 5) is 18.2. The van der Waals surface area contributed by atoms with E-state index in [1.807, 2.05) is 24.3 Å². The summed E-state index contributed by atoms with van der Waals surface area (Å²) in [5.41, 5.74) is 2.05. The van der Waals surface area contributed by atoms with Gasteiger partial charge in [-0.05, 0) is 58.7 Å². The van der Waals surface area contributed by atoms with Gasteiger partial charge < -0.3 is 16.0 Å². The quantitative estimate of drug-likeness (QED) is 0.260. The second-order valence-corrected chi connectivity index (χ2v) is 7.24. The minimum Gasteiger partial charge on any atom is -0.357 e. The van der Waals surface area contributed by atoms with E-state index in [2.05, 4.69) is 55.5 Å². The molecule has 1 aromatic rings. The van der Waals surface area contributed by atoms with Gasteiger partial charge in [0.2, 0.25) is 5.91 Å². The Bertz CT molecular complexity index is 579. The molecule has 3 N–H and O–H groups in total. The van der Waals surface area contributed by atoms with Crippen molar-refractivity contribution in [3.63, 3.8) is 0 Å². The van der Waals surface area contributed by atoms with Crippen molar-refractivity contribution >= 4 is 41.5 Å². The van der Waals surface area contributed by atoms with E-state index in [0.29, 0.717) is 12.1 Å². The number of halogens is 1. The maximum absolute atomic E-state index is 11.1. The monoisotopic (exact) mass is 503 g/mol. The van der Waals surface area contributed by atoms with Crippen LogP contribution in [0.2, 0.25) is 0 Å². The molecular weight excluding hydrogens is 465 g/mol. The Balaban J connectivity index is 0.00000729. The minimum absolute atomic E-state index is 0. The lowest BCUT2D eigenvalue weighted by Gasteiger charge is -2.29. The van der Waals surface area contributed by atoms with Crippen molar-refractivity contribution in [1.82, 2.24) is 15.5 Å². The Labute approximate surface area is 188 Å². The molecule has 0 aliphatic heterocycles. The van der Waals surface area contributed by atoms with Crippen molar-refractivity contribution < 1.29 is 4.79 Å². The maximum Gasteiger partial charge on any atom is 0.221 e. The molecule has 0 saturated heterocycles. The van der Waals surface area contributed by atoms with Gasteiger partial charge in [0.25, 0.3) is 0 Å². The second kappa shape index (κ2) is 14.6. The molecule has 0 fully saturated rings. The van der Waals surface area contributed by atoms with Gasteiger partial charge in [0.05, 0.1) is 6.54 Å². The zero-order valence-electron chi connectivity index (χ0n) is 18.2. The molecule has 6 nitrogen and oxygen atoms in total. The van der Waals surface area contributed by atoms with Crippen molar-refractivity contribution in [1.29, 1.82) is 0 Å². The summed E-state index contributed by atoms with van der Waals surface area (Å²) < 4.78 is 0. The fraction of sp³-hybridized carbons (Fsp3) is 0.619. The zero-order chi connectivity index (χ0) is 20.2. The first-order chi connectivity index (χ1) is 12.8. The van der Waals surface area contributed by atoms with Crippen molar-refractivity contribution in [2.24, 2.45) is 4.99 Å². The highest BCUT2D eigenvalue weighted by atomic mass is 127. The third kappa shape index (κ3) is 10.8. The molecule has 1 rings (SSSR count). The van der Waals surface area contributed by atoms with Gasteiger partial charge in [-0.1, -0.05) is 12.1 Å². The number of hydrogen-bond donors (Lipinski definition) is 3. The molecule has 7 heteroatoms. The van der Waals surface area contributed by atoms with E-state index in [4.69, 9.17) is 4.99 Å². The van der Waals surface area contributed by atoms with Gasteiger partial charge in [-0.2, -0.15) is 0 Å². The van der Waals surface area contributed by atoms with Gasteiger partial charge in [-0.25, -0.2) is 0 Å². The largest absolute Gasteiger partial charge is 0.357 e. The first-order valence-electron chi connectivity index (χ1n) is 9.98. The number of nitrogens with zero attached hydrogens (tertiary/aromatic N) is 2. The summed E-state index contributed by atoms with van der Waals surface area (Å²) in [5.74, 6) is 0.809. The summed E-state index contributed by atoms with van der Waals surface area (Å²) >= 11 is 0. The Morgan fingerprint density at radius 2 is 1.68 bits per heavy atom. The molecule has 0 aromatic heterocycles. The smallest absolute Gasteiger partial charge is 0.221 e. The van der Waals surface area contributed by atoms with Crippen molar-refractivity contribution in [3.05, 3.63) is 29.8 Å². The normalized spacial score (nSPS) is 11.5. The molecule has 0 bridgehead atoms. The van der Waals surface area contributed by atoms with E-state index in [1.165, 1.54) is 12.5 Å². The topological polar surface area (TPSA) is 68.8 Å². The highest BCUT2D eigenvalue weighted by molar-refractivity contribution is 14.0. The molecule has 0 aliphatic rings. The number of aliphatic imine (C=N–C) groups is 1. The van der Waals surface area contributed by atoms with Crippen LogP contribution in [0.15, 0.2) is 29.3 Å². The standard InChI is InChI=1S/C21H37N5O.HI/c1-7-22-21(24-14-15-26(16(2)3)17(4)5)23-13-12-19-8-10-20(11-9-19)25-18(6)27;/h8-11,16-17H,7,12-15H2,1-6H3,(H,25,27)(H2,22,23,24);1H. The lowest BCUT2D eigenvalue weighted by Crippen LogP contribution is -2.41. The van der Waals surface area contributed by atoms with Crippen molar-refractivity contribution in [3.8, 4) is 0 Å². The minimum atomic E-state index is -0.0515. The van der Waals surface area contributed by atoms with Crippen LogP contribution in [0.1, 0.15) is 47.1 Å². The Kier molecular flexibility index (Phi) is 13.9. The van der Waals surface area contributed by atoms with Crippen LogP contribution in [0, 0.1) is 0 Å². The second-order valence-electron chi connectivity index (χ2n) is 7.24. The predicted molar refractivity (Wildman–Crippen MR) is 131 cm³/mol. The van der Waals surface area contributed by atoms with Gasteiger partial charge in [0.15, 0.2) is 5.96 Å². The molecule has 0 aliphatic carbocycles. The lowest BCUT2D eigenvalue weighted by atomic mass is 10.1. The molecule has 1 amide bonds. The molecule has 0 saturated carbocycles. The van der Waals surface area contributed by atoms with E-state index in [0.717, 1.165) is 44.2 Å². The SMILES string of the molecule is CCNC(=NCCN(C(C)C)C(C)C)NCCc1ccc(NC(C)=O)cc1.I. The van der Waals surface area contributed by atoms with E-state index in [9.17, 15) is 4.79 Å². The van der Waals surface area contributed by atoms with E-state index in [1.54, 1.807) is 0 Å². The number of carbonyl (C=O) groups is 1. The van der Waals surface area contributed by atoms with Crippen molar-refractivity contribution in [2.75, 3.05) is 31.5 Å². The van der Waals surface area contributed by atoms with E-state index >= 15 is 0 Å². The number of guanidine groups is 1. The van der Waals surface area contributed by atoms with Gasteiger partial charge in [0.1, 0.15) is 0 Å². The highest BCUT2D eigenvalue weighted by Gasteiger charge is 2.12. The Morgan fingerprint density at radius 3 is 2.18 bits per heavy atom. The van der Waals surface area contributed by atoms with E-state index < -0.39 is 0 Å². The van der Waals surface area contributed by atoms with Crippen LogP contribution < -0.4 is 16.0 Å². The van der Waals surface area contributed by atoms with Gasteiger partial charge >= 0.3 is 0 Å². The number of benzene rings is 1. The Morgan fingerprint density at radius 1 is 1.07 bits per heavy atom. The molecule has 160 valence electrons. The number of amides is 1. The summed E-state index contributed by atoms with van der Waals surface area (Å²) in [6.07, 6.45) is 0.898. The number of anilines is 1. The number of nitrogens with one attached hydrogen (secondary N) is 3. The van der Waals surface area contributed by atoms with Crippen LogP contribution >= 0.6 is 24.0 Å². The van der Waals surface area contributed by atoms with Crippen LogP contribution in [0.5, 0.6) is 0 Å². The average Bonchev–Trinajstić information content (AvgIpc) is 2.59. The van der Waals surface area contributed by atoms with Gasteiger partial charge in [-0.15, -0.1) is 24.0 Å². The average molecular weight is 503 g/mol. The van der Waals surface area contributed by atoms with Gasteiger partial charge in [0, 0.05) is 44.3 Å². The van der Waals surface area contributed by atoms with Crippen LogP contribution in [0.25, 0.3) is 0 Å². The zero-order valence-corrected chi connectivity index (χ0v) is 20.5. The summed E-state index contributed by atoms with van der Waals surface area (Å²) in [6, 6.07) is 9.00. The predicted octanol–water partition coefficient (Wildman–Crippen LogP) is 3.48. The highest BCUT2D eigenvalue weighted by Crippen LogP contribution is 2.09. The summed E-state index contributed by atoms with van der Waals surface area (Å²) in [5, 5.41) is 9.49. The molecular formula is C21H38IN5O. The number of carbonyl (C=O) groups excluding carboxylic acids is 1. The fourth-order valence-electron chi connectivity index (χ4n) is 3.01. The molecule has 0 spiro atoms. The van der Waals surface area contributed by atoms with Crippen molar-refractivity contribution in [2.45, 2.75) is 60.0 Å². The Hall–Kier alpha value is -1.35. The molecule has 28 heavy (non-hydrogen) atoms. The molecule has 0 heterocycles. The van der Waals surface area contributed by atoms with Crippen LogP contribution in [0.4, 0.5) is 5.69 Å². The third-order valence-corrected chi connectivity index (χ3v) is 4.28. The lowest BCUT2D eigenvalue weighted by molar-refractivity contribution is -0.114. The first kappa shape index (κ1) is 26.6. The summed E-state index contributed by atoms with van der Waals surface area (Å²) in [6.45, 7) is 15.9. The molecule has 0 unspecified atom stereocenters. The van der Waals surface area contributed by atoms with Gasteiger partial charge in [-0.3, -0.25) is 14.7 Å². The third-order valence-electron chi connectivity index (χ3n) is 4.28. The number of hydrogen-bond acceptors (Lipinski definition) is 3. The first-order valence-corrected chi connectivity index (χ1v) is 9.98.